The largest absolute Gasteiger partial charge is 0.497 e. The van der Waals surface area contributed by atoms with Gasteiger partial charge in [0.2, 0.25) is 0 Å². The van der Waals surface area contributed by atoms with E-state index in [1.165, 1.54) is 50.5 Å². The van der Waals surface area contributed by atoms with E-state index in [9.17, 15) is 0 Å². The van der Waals surface area contributed by atoms with Gasteiger partial charge in [-0.05, 0) is 49.4 Å². The van der Waals surface area contributed by atoms with Crippen LogP contribution < -0.4 is 10.1 Å². The summed E-state index contributed by atoms with van der Waals surface area (Å²) in [6, 6.07) is 9.07. The maximum absolute atomic E-state index is 5.25. The van der Waals surface area contributed by atoms with E-state index in [1.54, 1.807) is 7.11 Å². The highest BCUT2D eigenvalue weighted by Gasteiger charge is 2.18. The summed E-state index contributed by atoms with van der Waals surface area (Å²) in [7, 11) is 1.72. The van der Waals surface area contributed by atoms with Crippen molar-refractivity contribution in [1.82, 2.24) is 5.32 Å². The van der Waals surface area contributed by atoms with Crippen LogP contribution in [0.5, 0.6) is 5.75 Å². The Balaban J connectivity index is 1.93. The van der Waals surface area contributed by atoms with Gasteiger partial charge in [0.1, 0.15) is 5.75 Å². The van der Waals surface area contributed by atoms with Gasteiger partial charge in [-0.3, -0.25) is 0 Å². The predicted octanol–water partition coefficient (Wildman–Crippen LogP) is 4.71. The van der Waals surface area contributed by atoms with Gasteiger partial charge in [-0.1, -0.05) is 44.7 Å². The lowest BCUT2D eigenvalue weighted by molar-refractivity contribution is 0.407. The number of rotatable bonds is 8. The third-order valence-corrected chi connectivity index (χ3v) is 4.50. The molecule has 0 saturated heterocycles. The zero-order valence-electron chi connectivity index (χ0n) is 13.0. The van der Waals surface area contributed by atoms with E-state index in [1.807, 2.05) is 0 Å². The molecule has 112 valence electrons. The molecule has 1 N–H and O–H groups in total. The molecule has 2 rings (SSSR count). The zero-order valence-corrected chi connectivity index (χ0v) is 13.0. The van der Waals surface area contributed by atoms with Crippen molar-refractivity contribution in [2.75, 3.05) is 13.7 Å². The van der Waals surface area contributed by atoms with Crippen molar-refractivity contribution in [2.45, 2.75) is 57.9 Å². The van der Waals surface area contributed by atoms with Gasteiger partial charge in [0.05, 0.1) is 7.11 Å². The summed E-state index contributed by atoms with van der Waals surface area (Å²) in [5.74, 6) is 1.91. The average molecular weight is 275 g/mol. The van der Waals surface area contributed by atoms with Crippen LogP contribution in [0.2, 0.25) is 0 Å². The first-order valence-corrected chi connectivity index (χ1v) is 8.20. The van der Waals surface area contributed by atoms with Crippen LogP contribution in [-0.4, -0.2) is 13.7 Å². The first-order chi connectivity index (χ1) is 9.83. The fraction of sp³-hybridized carbons (Fsp3) is 0.667. The zero-order chi connectivity index (χ0) is 14.2. The lowest BCUT2D eigenvalue weighted by Gasteiger charge is -2.21. The fourth-order valence-corrected chi connectivity index (χ4v) is 3.24. The van der Waals surface area contributed by atoms with Gasteiger partial charge in [-0.25, -0.2) is 0 Å². The molecule has 2 nitrogen and oxygen atoms in total. The smallest absolute Gasteiger partial charge is 0.118 e. The first kappa shape index (κ1) is 15.4. The molecule has 2 heteroatoms. The second-order valence-electron chi connectivity index (χ2n) is 6.01. The van der Waals surface area contributed by atoms with Crippen LogP contribution in [-0.2, 0) is 0 Å². The van der Waals surface area contributed by atoms with Crippen molar-refractivity contribution >= 4 is 0 Å². The summed E-state index contributed by atoms with van der Waals surface area (Å²) in [5.41, 5.74) is 1.40. The topological polar surface area (TPSA) is 21.3 Å². The molecule has 0 amide bonds. The molecule has 0 spiro atoms. The maximum atomic E-state index is 5.25. The second-order valence-corrected chi connectivity index (χ2v) is 6.01. The molecule has 20 heavy (non-hydrogen) atoms. The van der Waals surface area contributed by atoms with Gasteiger partial charge >= 0.3 is 0 Å². The quantitative estimate of drug-likeness (QED) is 0.742. The van der Waals surface area contributed by atoms with Crippen LogP contribution in [0.4, 0.5) is 0 Å². The Morgan fingerprint density at radius 3 is 2.50 bits per heavy atom. The molecular formula is C18H29NO. The molecule has 0 heterocycles. The number of ether oxygens (including phenoxy) is 1. The van der Waals surface area contributed by atoms with E-state index >= 15 is 0 Å². The SMILES string of the molecule is CCCNC(CCC1CCCC1)c1ccc(OC)cc1. The van der Waals surface area contributed by atoms with Crippen molar-refractivity contribution in [2.24, 2.45) is 5.92 Å². The number of methoxy groups -OCH3 is 1. The first-order valence-electron chi connectivity index (χ1n) is 8.20. The number of hydrogen-bond donors (Lipinski definition) is 1. The van der Waals surface area contributed by atoms with Gasteiger partial charge in [0.15, 0.2) is 0 Å². The Hall–Kier alpha value is -1.02. The van der Waals surface area contributed by atoms with Gasteiger partial charge < -0.3 is 10.1 Å². The Morgan fingerprint density at radius 2 is 1.90 bits per heavy atom. The molecule has 1 aliphatic rings. The Labute approximate surface area is 123 Å². The monoisotopic (exact) mass is 275 g/mol. The molecule has 1 aliphatic carbocycles. The minimum absolute atomic E-state index is 0.501. The molecule has 1 saturated carbocycles. The molecule has 1 aromatic rings. The summed E-state index contributed by atoms with van der Waals surface area (Å²) < 4.78 is 5.25. The molecule has 1 fully saturated rings. The van der Waals surface area contributed by atoms with Crippen LogP contribution in [0.25, 0.3) is 0 Å². The normalized spacial score (nSPS) is 17.3. The van der Waals surface area contributed by atoms with Crippen molar-refractivity contribution in [3.63, 3.8) is 0 Å². The van der Waals surface area contributed by atoms with E-state index < -0.39 is 0 Å². The van der Waals surface area contributed by atoms with Crippen LogP contribution >= 0.6 is 0 Å². The second kappa shape index (κ2) is 8.31. The van der Waals surface area contributed by atoms with Crippen molar-refractivity contribution in [3.8, 4) is 5.75 Å². The molecule has 1 atom stereocenters. The van der Waals surface area contributed by atoms with E-state index in [0.29, 0.717) is 6.04 Å². The molecule has 0 aliphatic heterocycles. The lowest BCUT2D eigenvalue weighted by Crippen LogP contribution is -2.22. The summed E-state index contributed by atoms with van der Waals surface area (Å²) in [5, 5.41) is 3.71. The van der Waals surface area contributed by atoms with Crippen LogP contribution in [0.15, 0.2) is 24.3 Å². The Morgan fingerprint density at radius 1 is 1.20 bits per heavy atom. The van der Waals surface area contributed by atoms with Crippen LogP contribution in [0.1, 0.15) is 63.5 Å². The van der Waals surface area contributed by atoms with Gasteiger partial charge in [-0.2, -0.15) is 0 Å². The summed E-state index contributed by atoms with van der Waals surface area (Å²) in [6.45, 7) is 3.33. The lowest BCUT2D eigenvalue weighted by atomic mass is 9.94. The number of nitrogens with one attached hydrogen (secondary N) is 1. The summed E-state index contributed by atoms with van der Waals surface area (Å²) in [6.07, 6.45) is 9.60. The van der Waals surface area contributed by atoms with E-state index in [-0.39, 0.29) is 0 Å². The van der Waals surface area contributed by atoms with Crippen molar-refractivity contribution in [3.05, 3.63) is 29.8 Å². The minimum atomic E-state index is 0.501. The van der Waals surface area contributed by atoms with Crippen molar-refractivity contribution in [1.29, 1.82) is 0 Å². The number of benzene rings is 1. The summed E-state index contributed by atoms with van der Waals surface area (Å²) in [4.78, 5) is 0. The molecule has 0 aromatic heterocycles. The highest BCUT2D eigenvalue weighted by Crippen LogP contribution is 2.31. The van der Waals surface area contributed by atoms with Crippen LogP contribution in [0.3, 0.4) is 0 Å². The standard InChI is InChI=1S/C18H29NO/c1-3-14-19-18(13-8-15-6-4-5-7-15)16-9-11-17(20-2)12-10-16/h9-12,15,18-19H,3-8,13-14H2,1-2H3. The van der Waals surface area contributed by atoms with E-state index in [0.717, 1.165) is 18.2 Å². The highest BCUT2D eigenvalue weighted by molar-refractivity contribution is 5.29. The molecule has 1 unspecified atom stereocenters. The average Bonchev–Trinajstić information content (AvgIpc) is 3.01. The predicted molar refractivity (Wildman–Crippen MR) is 85.2 cm³/mol. The Kier molecular flexibility index (Phi) is 6.38. The highest BCUT2D eigenvalue weighted by atomic mass is 16.5. The molecule has 0 bridgehead atoms. The minimum Gasteiger partial charge on any atom is -0.497 e. The van der Waals surface area contributed by atoms with Gasteiger partial charge in [0.25, 0.3) is 0 Å². The maximum Gasteiger partial charge on any atom is 0.118 e. The van der Waals surface area contributed by atoms with Crippen LogP contribution in [0, 0.1) is 5.92 Å². The van der Waals surface area contributed by atoms with Gasteiger partial charge in [0, 0.05) is 6.04 Å². The molecule has 1 aromatic carbocycles. The third kappa shape index (κ3) is 4.52. The van der Waals surface area contributed by atoms with E-state index in [2.05, 4.69) is 36.5 Å². The number of hydrogen-bond acceptors (Lipinski definition) is 2. The Bertz CT molecular complexity index is 368. The third-order valence-electron chi connectivity index (χ3n) is 4.50. The molecule has 0 radical (unpaired) electrons. The van der Waals surface area contributed by atoms with Gasteiger partial charge in [-0.15, -0.1) is 0 Å². The summed E-state index contributed by atoms with van der Waals surface area (Å²) >= 11 is 0. The molecular weight excluding hydrogens is 246 g/mol. The van der Waals surface area contributed by atoms with E-state index in [4.69, 9.17) is 4.74 Å². The fourth-order valence-electron chi connectivity index (χ4n) is 3.24. The van der Waals surface area contributed by atoms with Crippen molar-refractivity contribution < 1.29 is 4.74 Å².